The average molecular weight is 1030 g/mol. The highest BCUT2D eigenvalue weighted by Crippen LogP contribution is 2.46. The molecule has 5 aromatic carbocycles. The van der Waals surface area contributed by atoms with E-state index in [0.717, 1.165) is 62.1 Å². The van der Waals surface area contributed by atoms with Crippen LogP contribution in [0.4, 0.5) is 22.7 Å². The van der Waals surface area contributed by atoms with Crippen molar-refractivity contribution in [2.24, 2.45) is 0 Å². The van der Waals surface area contributed by atoms with Gasteiger partial charge in [-0.05, 0) is 98.8 Å². The lowest BCUT2D eigenvalue weighted by atomic mass is 9.49. The van der Waals surface area contributed by atoms with Crippen LogP contribution in [-0.4, -0.2) is 58.9 Å². The predicted molar refractivity (Wildman–Crippen MR) is 325 cm³/mol. The molecule has 0 N–H and O–H groups in total. The molecule has 5 heterocycles. The Labute approximate surface area is 459 Å². The van der Waals surface area contributed by atoms with E-state index in [1.807, 2.05) is 18.0 Å². The zero-order valence-electron chi connectivity index (χ0n) is 47.8. The van der Waals surface area contributed by atoms with Crippen LogP contribution in [-0.2, 0) is 44.4 Å². The molecule has 10 rings (SSSR count). The Bertz CT molecular complexity index is 3150. The van der Waals surface area contributed by atoms with Crippen molar-refractivity contribution in [3.8, 4) is 5.82 Å². The van der Waals surface area contributed by atoms with E-state index in [2.05, 4.69) is 240 Å². The molecular formula is C59H74B6N4O6S. The first-order chi connectivity index (χ1) is 35.7. The number of anilines is 4. The molecule has 10 nitrogen and oxygen atoms in total. The Morgan fingerprint density at radius 3 is 1.57 bits per heavy atom. The van der Waals surface area contributed by atoms with E-state index in [4.69, 9.17) is 32.4 Å². The number of fused-ring (bicyclic) bond motifs is 4. The second-order valence-electron chi connectivity index (χ2n) is 26.6. The average Bonchev–Trinajstić information content (AvgIpc) is 3.92. The van der Waals surface area contributed by atoms with Gasteiger partial charge in [-0.25, -0.2) is 4.98 Å². The summed E-state index contributed by atoms with van der Waals surface area (Å²) in [6, 6.07) is 42.1. The van der Waals surface area contributed by atoms with Gasteiger partial charge in [-0.2, -0.15) is 11.8 Å². The fourth-order valence-electron chi connectivity index (χ4n) is 10.4. The molecule has 0 radical (unpaired) electrons. The monoisotopic (exact) mass is 1030 g/mol. The number of hydrogen-bond donors (Lipinski definition) is 0. The maximum atomic E-state index is 6.97. The van der Waals surface area contributed by atoms with Crippen molar-refractivity contribution < 1.29 is 27.4 Å². The second kappa shape index (κ2) is 20.4. The topological polar surface area (TPSA) is 79.7 Å². The number of pyridine rings is 1. The lowest BCUT2D eigenvalue weighted by molar-refractivity contribution is 0.250. The van der Waals surface area contributed by atoms with Gasteiger partial charge in [0.25, 0.3) is 0 Å². The fraction of sp³-hybridized carbons (Fsp3) is 0.407. The number of aryl methyl sites for hydroxylation is 1. The highest BCUT2D eigenvalue weighted by atomic mass is 32.2. The summed E-state index contributed by atoms with van der Waals surface area (Å²) in [5.41, 5.74) is 13.1. The third kappa shape index (κ3) is 11.1. The quantitative estimate of drug-likeness (QED) is 0.130. The van der Waals surface area contributed by atoms with Gasteiger partial charge in [-0.3, -0.25) is 4.57 Å². The molecule has 0 spiro atoms. The van der Waals surface area contributed by atoms with Crippen molar-refractivity contribution in [1.82, 2.24) is 9.55 Å². The molecule has 2 saturated heterocycles. The maximum Gasteiger partial charge on any atom is 0.468 e. The molecule has 3 aliphatic heterocycles. The largest absolute Gasteiger partial charge is 0.468 e. The van der Waals surface area contributed by atoms with Crippen LogP contribution in [0.5, 0.6) is 0 Å². The summed E-state index contributed by atoms with van der Waals surface area (Å²) in [5, 5.41) is 1.12. The molecule has 390 valence electrons. The number of benzene rings is 5. The van der Waals surface area contributed by atoms with E-state index in [-0.39, 0.29) is 26.7 Å². The third-order valence-corrected chi connectivity index (χ3v) is 15.6. The molecule has 3 aliphatic rings. The minimum atomic E-state index is -0.769. The van der Waals surface area contributed by atoms with E-state index in [1.165, 1.54) is 33.0 Å². The molecule has 0 aliphatic carbocycles. The van der Waals surface area contributed by atoms with E-state index >= 15 is 0 Å². The van der Waals surface area contributed by atoms with Crippen LogP contribution in [0.15, 0.2) is 121 Å². The van der Waals surface area contributed by atoms with Gasteiger partial charge in [0.15, 0.2) is 0 Å². The van der Waals surface area contributed by atoms with Gasteiger partial charge in [-0.15, -0.1) is 0 Å². The predicted octanol–water partition coefficient (Wildman–Crippen LogP) is 14.1. The summed E-state index contributed by atoms with van der Waals surface area (Å²) in [6.45, 7) is 35.2. The van der Waals surface area contributed by atoms with Crippen molar-refractivity contribution in [2.75, 3.05) is 16.5 Å². The van der Waals surface area contributed by atoms with E-state index in [9.17, 15) is 0 Å². The minimum Gasteiger partial charge on any atom is -0.452 e. The molecule has 17 heteroatoms. The van der Waals surface area contributed by atoms with Gasteiger partial charge >= 0.3 is 42.7 Å². The molecule has 0 atom stereocenters. The normalized spacial score (nSPS) is 16.3. The van der Waals surface area contributed by atoms with Crippen LogP contribution in [0.1, 0.15) is 126 Å². The Kier molecular flexibility index (Phi) is 14.6. The summed E-state index contributed by atoms with van der Waals surface area (Å²) in [4.78, 5) is 9.73. The second-order valence-corrected chi connectivity index (χ2v) is 27.6. The number of rotatable bonds is 9. The van der Waals surface area contributed by atoms with E-state index in [0.29, 0.717) is 6.67 Å². The number of nitrogens with zero attached hydrogens (tertiary/aromatic N) is 4. The van der Waals surface area contributed by atoms with Crippen LogP contribution in [0, 0.1) is 6.92 Å². The van der Waals surface area contributed by atoms with Gasteiger partial charge in [0, 0.05) is 50.8 Å². The zero-order chi connectivity index (χ0) is 54.3. The van der Waals surface area contributed by atoms with Gasteiger partial charge < -0.3 is 37.2 Å². The Morgan fingerprint density at radius 2 is 1.01 bits per heavy atom. The number of aromatic nitrogens is 2. The Balaban J connectivity index is 0.991. The molecule has 7 aromatic rings. The van der Waals surface area contributed by atoms with Crippen LogP contribution >= 0.6 is 11.8 Å². The summed E-state index contributed by atoms with van der Waals surface area (Å²) in [7, 11) is -3.69. The number of thioether (sulfide) groups is 1. The zero-order valence-corrected chi connectivity index (χ0v) is 48.6. The molecule has 2 aromatic heterocycles. The molecule has 0 unspecified atom stereocenters. The Morgan fingerprint density at radius 1 is 0.500 bits per heavy atom. The molecule has 0 bridgehead atoms. The van der Waals surface area contributed by atoms with Crippen LogP contribution in [0.3, 0.4) is 0 Å². The lowest BCUT2D eigenvalue weighted by Crippen LogP contribution is -2.62. The molecule has 76 heavy (non-hydrogen) atoms. The highest BCUT2D eigenvalue weighted by Gasteiger charge is 2.55. The van der Waals surface area contributed by atoms with Crippen LogP contribution < -0.4 is 20.7 Å². The minimum absolute atomic E-state index is 0.00600. The van der Waals surface area contributed by atoms with Crippen LogP contribution in [0.25, 0.3) is 27.6 Å². The standard InChI is InChI=1S/C59H74B6N4O6S/c1-40-32-47(60-70-62(56(5,6)7)74-63(71-60)57(8,9)10)54(48(33-40)61-72-64(58(11,12)13)75-65(73-61)59(14,15)16)68-39-67(50-26-19-20-27-51(50)68)44-23-21-22-41(34-44)37-76-38-42-28-29-46-45-24-17-18-25-49(45)69(52(46)35-42)53-36-43(30-31-66-53)55(2,3)4/h17-36H,37-39H2,1-16H3. The molecule has 0 saturated carbocycles. The van der Waals surface area contributed by atoms with Gasteiger partial charge in [0.05, 0.1) is 22.4 Å². The van der Waals surface area contributed by atoms with Crippen molar-refractivity contribution >= 4 is 110 Å². The first-order valence-electron chi connectivity index (χ1n) is 27.1. The van der Waals surface area contributed by atoms with Gasteiger partial charge in [0.2, 0.25) is 0 Å². The van der Waals surface area contributed by atoms with Crippen molar-refractivity contribution in [1.29, 1.82) is 0 Å². The molecule has 2 fully saturated rings. The molecular weight excluding hydrogens is 958 g/mol. The fourth-order valence-corrected chi connectivity index (χ4v) is 11.3. The Hall–Kier alpha value is -4.85. The first-order valence-corrected chi connectivity index (χ1v) is 28.2. The van der Waals surface area contributed by atoms with E-state index < -0.39 is 42.7 Å². The van der Waals surface area contributed by atoms with Gasteiger partial charge in [-0.1, -0.05) is 176 Å². The summed E-state index contributed by atoms with van der Waals surface area (Å²) in [5.74, 6) is 2.65. The van der Waals surface area contributed by atoms with Crippen molar-refractivity contribution in [2.45, 2.75) is 149 Å². The first kappa shape index (κ1) is 54.5. The summed E-state index contributed by atoms with van der Waals surface area (Å²) < 4.78 is 43.5. The van der Waals surface area contributed by atoms with Crippen molar-refractivity contribution in [3.05, 3.63) is 144 Å². The summed E-state index contributed by atoms with van der Waals surface area (Å²) in [6.07, 6.45) is 1.95. The van der Waals surface area contributed by atoms with Crippen molar-refractivity contribution in [3.63, 3.8) is 0 Å². The smallest absolute Gasteiger partial charge is 0.452 e. The number of hydrogen-bond acceptors (Lipinski definition) is 10. The van der Waals surface area contributed by atoms with E-state index in [1.54, 1.807) is 0 Å². The van der Waals surface area contributed by atoms with Crippen LogP contribution in [0.2, 0.25) is 21.3 Å². The lowest BCUT2D eigenvalue weighted by Gasteiger charge is -2.43. The third-order valence-electron chi connectivity index (χ3n) is 14.5. The van der Waals surface area contributed by atoms with Gasteiger partial charge in [0.1, 0.15) is 12.5 Å². The number of para-hydroxylation sites is 3. The SMILES string of the molecule is Cc1cc(B2OB(C(C)(C)C)OB(C(C)(C)C)O2)c(N2CN(c3cccc(CSCc4ccc5c6ccccc6n(-c6cc(C(C)(C)C)ccn6)c5c4)c3)c3ccccc32)c(B2OB(C(C)(C)C)OB(C(C)(C)C)O2)c1. The maximum absolute atomic E-state index is 6.97. The summed E-state index contributed by atoms with van der Waals surface area (Å²) >= 11 is 1.93. The highest BCUT2D eigenvalue weighted by molar-refractivity contribution is 7.97. The molecule has 0 amide bonds.